The van der Waals surface area contributed by atoms with Crippen LogP contribution in [0.2, 0.25) is 0 Å². The Kier molecular flexibility index (Phi) is 5.62. The second-order valence-corrected chi connectivity index (χ2v) is 5.20. The van der Waals surface area contributed by atoms with Crippen molar-refractivity contribution >= 4 is 27.5 Å². The van der Waals surface area contributed by atoms with Crippen LogP contribution in [0.4, 0.5) is 5.69 Å². The van der Waals surface area contributed by atoms with Crippen LogP contribution in [0, 0.1) is 5.92 Å². The summed E-state index contributed by atoms with van der Waals surface area (Å²) in [5.74, 6) is 0.653. The number of carbonyl (C=O) groups is 1. The van der Waals surface area contributed by atoms with Gasteiger partial charge in [-0.15, -0.1) is 0 Å². The lowest BCUT2D eigenvalue weighted by molar-refractivity contribution is -0.118. The van der Waals surface area contributed by atoms with Gasteiger partial charge in [0.05, 0.1) is 13.2 Å². The molecule has 0 fully saturated rings. The summed E-state index contributed by atoms with van der Waals surface area (Å²) in [4.78, 5) is 11.9. The molecule has 0 radical (unpaired) electrons. The Morgan fingerprint density at radius 2 is 2.17 bits per heavy atom. The van der Waals surface area contributed by atoms with Gasteiger partial charge in [-0.3, -0.25) is 4.79 Å². The molecule has 2 atom stereocenters. The molecular weight excluding hydrogens is 296 g/mol. The smallest absolute Gasteiger partial charge is 0.241 e. The molecule has 0 spiro atoms. The zero-order valence-electron chi connectivity index (χ0n) is 10.9. The highest BCUT2D eigenvalue weighted by Crippen LogP contribution is 2.24. The Bertz CT molecular complexity index is 423. The highest BCUT2D eigenvalue weighted by Gasteiger charge is 2.19. The van der Waals surface area contributed by atoms with Crippen molar-refractivity contribution in [3.05, 3.63) is 22.7 Å². The fourth-order valence-corrected chi connectivity index (χ4v) is 1.96. The van der Waals surface area contributed by atoms with Crippen LogP contribution in [-0.2, 0) is 4.79 Å². The van der Waals surface area contributed by atoms with Gasteiger partial charge in [0, 0.05) is 16.2 Å². The maximum absolute atomic E-state index is 11.9. The summed E-state index contributed by atoms with van der Waals surface area (Å²) < 4.78 is 5.98. The topological polar surface area (TPSA) is 64.4 Å². The third-order valence-electron chi connectivity index (χ3n) is 2.93. The summed E-state index contributed by atoms with van der Waals surface area (Å²) in [6, 6.07) is 4.89. The first-order valence-electron chi connectivity index (χ1n) is 5.89. The van der Waals surface area contributed by atoms with E-state index < -0.39 is 6.04 Å². The number of methoxy groups -OCH3 is 1. The van der Waals surface area contributed by atoms with Crippen LogP contribution < -0.4 is 15.8 Å². The summed E-state index contributed by atoms with van der Waals surface area (Å²) in [5.41, 5.74) is 6.54. The molecule has 100 valence electrons. The number of hydrogen-bond acceptors (Lipinski definition) is 3. The molecule has 1 aromatic carbocycles. The van der Waals surface area contributed by atoms with Crippen LogP contribution in [0.5, 0.6) is 5.75 Å². The largest absolute Gasteiger partial charge is 0.497 e. The van der Waals surface area contributed by atoms with Gasteiger partial charge in [-0.05, 0) is 18.1 Å². The van der Waals surface area contributed by atoms with Crippen LogP contribution in [0.1, 0.15) is 20.3 Å². The second kappa shape index (κ2) is 6.75. The molecule has 0 saturated carbocycles. The van der Waals surface area contributed by atoms with Gasteiger partial charge in [0.1, 0.15) is 5.75 Å². The third kappa shape index (κ3) is 3.99. The summed E-state index contributed by atoms with van der Waals surface area (Å²) >= 11 is 3.36. The number of nitrogens with two attached hydrogens (primary N) is 1. The molecule has 1 aromatic rings. The van der Waals surface area contributed by atoms with Crippen molar-refractivity contribution < 1.29 is 9.53 Å². The van der Waals surface area contributed by atoms with Crippen LogP contribution >= 0.6 is 15.9 Å². The number of hydrogen-bond donors (Lipinski definition) is 2. The molecule has 0 aliphatic rings. The Morgan fingerprint density at radius 3 is 2.72 bits per heavy atom. The molecule has 0 aliphatic heterocycles. The molecule has 0 aliphatic carbocycles. The second-order valence-electron chi connectivity index (χ2n) is 4.28. The van der Waals surface area contributed by atoms with E-state index in [-0.39, 0.29) is 11.8 Å². The number of amides is 1. The zero-order chi connectivity index (χ0) is 13.7. The Balaban J connectivity index is 2.78. The Labute approximate surface area is 116 Å². The van der Waals surface area contributed by atoms with E-state index in [2.05, 4.69) is 21.2 Å². The van der Waals surface area contributed by atoms with E-state index >= 15 is 0 Å². The van der Waals surface area contributed by atoms with Gasteiger partial charge in [0.2, 0.25) is 5.91 Å². The van der Waals surface area contributed by atoms with Crippen molar-refractivity contribution in [2.75, 3.05) is 12.4 Å². The lowest BCUT2D eigenvalue weighted by atomic mass is 9.99. The number of carbonyl (C=O) groups excluding carboxylic acids is 1. The fourth-order valence-electron chi connectivity index (χ4n) is 1.49. The first kappa shape index (κ1) is 15.0. The minimum atomic E-state index is -0.500. The van der Waals surface area contributed by atoms with Crippen molar-refractivity contribution in [2.45, 2.75) is 26.3 Å². The van der Waals surface area contributed by atoms with E-state index in [0.29, 0.717) is 11.4 Å². The van der Waals surface area contributed by atoms with Crippen molar-refractivity contribution in [1.29, 1.82) is 0 Å². The van der Waals surface area contributed by atoms with Crippen molar-refractivity contribution in [3.63, 3.8) is 0 Å². The molecule has 0 aromatic heterocycles. The summed E-state index contributed by atoms with van der Waals surface area (Å²) in [6.07, 6.45) is 0.871. The normalized spacial score (nSPS) is 13.8. The SMILES string of the molecule is CCC(C)C(N)C(=O)Nc1cc(Br)cc(OC)c1. The zero-order valence-corrected chi connectivity index (χ0v) is 12.5. The standard InChI is InChI=1S/C13H19BrN2O2/c1-4-8(2)12(15)13(17)16-10-5-9(14)6-11(7-10)18-3/h5-8,12H,4,15H2,1-3H3,(H,16,17). The Hall–Kier alpha value is -1.07. The molecule has 4 nitrogen and oxygen atoms in total. The lowest BCUT2D eigenvalue weighted by Crippen LogP contribution is -2.40. The fraction of sp³-hybridized carbons (Fsp3) is 0.462. The van der Waals surface area contributed by atoms with E-state index in [1.165, 1.54) is 0 Å². The molecule has 5 heteroatoms. The first-order valence-corrected chi connectivity index (χ1v) is 6.68. The molecule has 0 saturated heterocycles. The number of ether oxygens (including phenoxy) is 1. The van der Waals surface area contributed by atoms with Gasteiger partial charge in [-0.1, -0.05) is 36.2 Å². The van der Waals surface area contributed by atoms with Crippen molar-refractivity contribution in [3.8, 4) is 5.75 Å². The maximum Gasteiger partial charge on any atom is 0.241 e. The molecule has 2 unspecified atom stereocenters. The number of benzene rings is 1. The lowest BCUT2D eigenvalue weighted by Gasteiger charge is -2.18. The quantitative estimate of drug-likeness (QED) is 0.878. The van der Waals surface area contributed by atoms with Gasteiger partial charge in [0.25, 0.3) is 0 Å². The molecule has 1 amide bonds. The number of anilines is 1. The average Bonchev–Trinajstić information content (AvgIpc) is 2.35. The van der Waals surface area contributed by atoms with E-state index in [0.717, 1.165) is 10.9 Å². The maximum atomic E-state index is 11.9. The monoisotopic (exact) mass is 314 g/mol. The van der Waals surface area contributed by atoms with E-state index in [1.807, 2.05) is 26.0 Å². The van der Waals surface area contributed by atoms with Gasteiger partial charge in [-0.25, -0.2) is 0 Å². The van der Waals surface area contributed by atoms with E-state index in [9.17, 15) is 4.79 Å². The average molecular weight is 315 g/mol. The van der Waals surface area contributed by atoms with Crippen molar-refractivity contribution in [1.82, 2.24) is 0 Å². The van der Waals surface area contributed by atoms with E-state index in [4.69, 9.17) is 10.5 Å². The molecule has 3 N–H and O–H groups in total. The third-order valence-corrected chi connectivity index (χ3v) is 3.39. The molecule has 0 heterocycles. The van der Waals surface area contributed by atoms with Gasteiger partial charge < -0.3 is 15.8 Å². The number of rotatable bonds is 5. The van der Waals surface area contributed by atoms with Gasteiger partial charge >= 0.3 is 0 Å². The van der Waals surface area contributed by atoms with E-state index in [1.54, 1.807) is 13.2 Å². The Morgan fingerprint density at radius 1 is 1.50 bits per heavy atom. The predicted octanol–water partition coefficient (Wildman–Crippen LogP) is 2.77. The molecular formula is C13H19BrN2O2. The first-order chi connectivity index (χ1) is 8.47. The van der Waals surface area contributed by atoms with Crippen molar-refractivity contribution in [2.24, 2.45) is 11.7 Å². The van der Waals surface area contributed by atoms with Crippen LogP contribution in [-0.4, -0.2) is 19.1 Å². The summed E-state index contributed by atoms with van der Waals surface area (Å²) in [7, 11) is 1.58. The minimum absolute atomic E-state index is 0.152. The number of halogens is 1. The molecule has 0 bridgehead atoms. The van der Waals surface area contributed by atoms with Gasteiger partial charge in [0.15, 0.2) is 0 Å². The molecule has 1 rings (SSSR count). The van der Waals surface area contributed by atoms with Crippen LogP contribution in [0.15, 0.2) is 22.7 Å². The van der Waals surface area contributed by atoms with Crippen LogP contribution in [0.25, 0.3) is 0 Å². The summed E-state index contributed by atoms with van der Waals surface area (Å²) in [5, 5.41) is 2.80. The highest BCUT2D eigenvalue weighted by molar-refractivity contribution is 9.10. The summed E-state index contributed by atoms with van der Waals surface area (Å²) in [6.45, 7) is 3.98. The van der Waals surface area contributed by atoms with Crippen LogP contribution in [0.3, 0.4) is 0 Å². The molecule has 18 heavy (non-hydrogen) atoms. The number of nitrogens with one attached hydrogen (secondary N) is 1. The predicted molar refractivity (Wildman–Crippen MR) is 76.8 cm³/mol. The minimum Gasteiger partial charge on any atom is -0.497 e. The highest BCUT2D eigenvalue weighted by atomic mass is 79.9. The van der Waals surface area contributed by atoms with Gasteiger partial charge in [-0.2, -0.15) is 0 Å².